The number of carbonyl (C=O) groups excluding carboxylic acids is 2. The van der Waals surface area contributed by atoms with Crippen LogP contribution >= 0.6 is 0 Å². The minimum absolute atomic E-state index is 0.174. The molecule has 1 amide bonds. The first-order valence-corrected chi connectivity index (χ1v) is 6.98. The van der Waals surface area contributed by atoms with Crippen LogP contribution in [0, 0.1) is 5.82 Å². The van der Waals surface area contributed by atoms with Crippen molar-refractivity contribution >= 4 is 23.2 Å². The van der Waals surface area contributed by atoms with Crippen LogP contribution in [0.4, 0.5) is 4.39 Å². The number of H-pyrrole nitrogens is 1. The number of nitrogens with one attached hydrogen (secondary N) is 2. The molecule has 0 saturated heterocycles. The number of fused-ring (bicyclic) bond motifs is 1. The first kappa shape index (κ1) is 15.9. The van der Waals surface area contributed by atoms with Gasteiger partial charge in [-0.2, -0.15) is 0 Å². The third-order valence-electron chi connectivity index (χ3n) is 3.48. The molecule has 1 heterocycles. The van der Waals surface area contributed by atoms with Gasteiger partial charge in [0.1, 0.15) is 17.9 Å². The van der Waals surface area contributed by atoms with E-state index in [1.165, 1.54) is 12.1 Å². The van der Waals surface area contributed by atoms with Crippen molar-refractivity contribution in [3.63, 3.8) is 0 Å². The second-order valence-electron chi connectivity index (χ2n) is 5.35. The Labute approximate surface area is 127 Å². The highest BCUT2D eigenvalue weighted by Crippen LogP contribution is 2.14. The average molecular weight is 303 g/mol. The van der Waals surface area contributed by atoms with Gasteiger partial charge in [-0.15, -0.1) is 0 Å². The summed E-state index contributed by atoms with van der Waals surface area (Å²) < 4.78 is 13.1. The predicted molar refractivity (Wildman–Crippen MR) is 81.8 cm³/mol. The molecule has 0 saturated carbocycles. The molecule has 6 heteroatoms. The fraction of sp³-hybridized carbons (Fsp3) is 0.312. The van der Waals surface area contributed by atoms with Crippen molar-refractivity contribution in [3.8, 4) is 0 Å². The summed E-state index contributed by atoms with van der Waals surface area (Å²) in [4.78, 5) is 30.0. The number of benzene rings is 1. The first-order chi connectivity index (χ1) is 10.4. The monoisotopic (exact) mass is 303 g/mol. The maximum absolute atomic E-state index is 13.1. The van der Waals surface area contributed by atoms with Gasteiger partial charge in [0.2, 0.25) is 5.91 Å². The Morgan fingerprint density at radius 2 is 2.18 bits per heavy atom. The van der Waals surface area contributed by atoms with E-state index in [-0.39, 0.29) is 17.8 Å². The number of aldehydes is 1. The van der Waals surface area contributed by atoms with Gasteiger partial charge in [0.05, 0.1) is 11.0 Å². The van der Waals surface area contributed by atoms with E-state index in [1.807, 2.05) is 6.92 Å². The lowest BCUT2D eigenvalue weighted by molar-refractivity contribution is -0.118. The number of hydrogen-bond donors (Lipinski definition) is 2. The summed E-state index contributed by atoms with van der Waals surface area (Å²) in [7, 11) is 0. The second-order valence-corrected chi connectivity index (χ2v) is 5.35. The van der Waals surface area contributed by atoms with Gasteiger partial charge in [0, 0.05) is 18.0 Å². The van der Waals surface area contributed by atoms with Crippen LogP contribution < -0.4 is 5.32 Å². The highest BCUT2D eigenvalue weighted by atomic mass is 19.1. The van der Waals surface area contributed by atoms with Crippen LogP contribution in [0.3, 0.4) is 0 Å². The Hall–Kier alpha value is -2.50. The molecular formula is C16H18FN3O2. The van der Waals surface area contributed by atoms with Crippen molar-refractivity contribution in [2.24, 2.45) is 0 Å². The summed E-state index contributed by atoms with van der Waals surface area (Å²) in [5.74, 6) is 0.0653. The molecule has 1 unspecified atom stereocenters. The van der Waals surface area contributed by atoms with Gasteiger partial charge in [-0.1, -0.05) is 0 Å². The van der Waals surface area contributed by atoms with Crippen molar-refractivity contribution < 1.29 is 14.0 Å². The van der Waals surface area contributed by atoms with Gasteiger partial charge in [-0.3, -0.25) is 9.59 Å². The van der Waals surface area contributed by atoms with E-state index in [2.05, 4.69) is 15.3 Å². The molecule has 2 rings (SSSR count). The van der Waals surface area contributed by atoms with Crippen LogP contribution in [0.25, 0.3) is 11.0 Å². The Balaban J connectivity index is 2.06. The van der Waals surface area contributed by atoms with Crippen LogP contribution in [0.1, 0.15) is 26.6 Å². The van der Waals surface area contributed by atoms with Crippen molar-refractivity contribution in [1.82, 2.24) is 15.3 Å². The molecule has 0 bridgehead atoms. The predicted octanol–water partition coefficient (Wildman–Crippen LogP) is 2.28. The van der Waals surface area contributed by atoms with E-state index in [4.69, 9.17) is 0 Å². The smallest absolute Gasteiger partial charge is 0.247 e. The Kier molecular flexibility index (Phi) is 4.70. The third kappa shape index (κ3) is 3.58. The van der Waals surface area contributed by atoms with E-state index in [1.54, 1.807) is 19.9 Å². The lowest BCUT2D eigenvalue weighted by Gasteiger charge is -2.13. The van der Waals surface area contributed by atoms with E-state index in [0.717, 1.165) is 0 Å². The fourth-order valence-electron chi connectivity index (χ4n) is 2.07. The SMILES string of the molecule is C/C(C=O)=C(\C)C(=O)NC(C)Cc1nc2ccc(F)cc2[nH]1. The third-order valence-corrected chi connectivity index (χ3v) is 3.48. The number of halogens is 1. The zero-order valence-corrected chi connectivity index (χ0v) is 12.7. The number of aromatic amines is 1. The molecular weight excluding hydrogens is 285 g/mol. The number of rotatable bonds is 5. The zero-order chi connectivity index (χ0) is 16.3. The van der Waals surface area contributed by atoms with Crippen LogP contribution in [0.5, 0.6) is 0 Å². The van der Waals surface area contributed by atoms with Crippen molar-refractivity contribution in [3.05, 3.63) is 41.0 Å². The molecule has 5 nitrogen and oxygen atoms in total. The quantitative estimate of drug-likeness (QED) is 0.657. The summed E-state index contributed by atoms with van der Waals surface area (Å²) in [5, 5.41) is 2.81. The van der Waals surface area contributed by atoms with Crippen LogP contribution in [-0.4, -0.2) is 28.2 Å². The number of nitrogens with zero attached hydrogens (tertiary/aromatic N) is 1. The molecule has 0 aliphatic rings. The van der Waals surface area contributed by atoms with Crippen molar-refractivity contribution in [1.29, 1.82) is 0 Å². The minimum Gasteiger partial charge on any atom is -0.349 e. The standard InChI is InChI=1S/C16H18FN3O2/c1-9(8-21)11(3)16(22)18-10(2)6-15-19-13-5-4-12(17)7-14(13)20-15/h4-5,7-8,10H,6H2,1-3H3,(H,18,22)(H,19,20)/b11-9-. The van der Waals surface area contributed by atoms with Crippen molar-refractivity contribution in [2.75, 3.05) is 0 Å². The van der Waals surface area contributed by atoms with E-state index in [9.17, 15) is 14.0 Å². The van der Waals surface area contributed by atoms with Gasteiger partial charge in [-0.25, -0.2) is 9.37 Å². The molecule has 0 fully saturated rings. The molecule has 0 radical (unpaired) electrons. The summed E-state index contributed by atoms with van der Waals surface area (Å²) in [6.07, 6.45) is 1.14. The van der Waals surface area contributed by atoms with Crippen LogP contribution in [-0.2, 0) is 16.0 Å². The summed E-state index contributed by atoms with van der Waals surface area (Å²) in [6, 6.07) is 4.17. The second kappa shape index (κ2) is 6.51. The first-order valence-electron chi connectivity index (χ1n) is 6.98. The Morgan fingerprint density at radius 1 is 1.45 bits per heavy atom. The molecule has 0 spiro atoms. The lowest BCUT2D eigenvalue weighted by atomic mass is 10.1. The molecule has 1 aromatic carbocycles. The number of allylic oxidation sites excluding steroid dienone is 1. The van der Waals surface area contributed by atoms with Gasteiger partial charge < -0.3 is 10.3 Å². The molecule has 0 aliphatic heterocycles. The Morgan fingerprint density at radius 3 is 2.86 bits per heavy atom. The fourth-order valence-corrected chi connectivity index (χ4v) is 2.07. The normalized spacial score (nSPS) is 13.6. The van der Waals surface area contributed by atoms with Crippen molar-refractivity contribution in [2.45, 2.75) is 33.2 Å². The van der Waals surface area contributed by atoms with Gasteiger partial charge in [0.15, 0.2) is 0 Å². The molecule has 1 aromatic heterocycles. The van der Waals surface area contributed by atoms with Crippen LogP contribution in [0.15, 0.2) is 29.3 Å². The number of carbonyl (C=O) groups is 2. The van der Waals surface area contributed by atoms with E-state index >= 15 is 0 Å². The summed E-state index contributed by atoms with van der Waals surface area (Å²) in [5.41, 5.74) is 2.11. The number of imidazole rings is 1. The molecule has 22 heavy (non-hydrogen) atoms. The molecule has 2 N–H and O–H groups in total. The summed E-state index contributed by atoms with van der Waals surface area (Å²) >= 11 is 0. The lowest BCUT2D eigenvalue weighted by Crippen LogP contribution is -2.35. The Bertz CT molecular complexity index is 749. The summed E-state index contributed by atoms with van der Waals surface area (Å²) in [6.45, 7) is 5.05. The van der Waals surface area contributed by atoms with E-state index < -0.39 is 0 Å². The molecule has 2 aromatic rings. The minimum atomic E-state index is -0.325. The maximum Gasteiger partial charge on any atom is 0.247 e. The number of amides is 1. The maximum atomic E-state index is 13.1. The zero-order valence-electron chi connectivity index (χ0n) is 12.7. The number of hydrogen-bond acceptors (Lipinski definition) is 3. The van der Waals surface area contributed by atoms with Gasteiger partial charge in [-0.05, 0) is 44.5 Å². The van der Waals surface area contributed by atoms with Gasteiger partial charge >= 0.3 is 0 Å². The highest BCUT2D eigenvalue weighted by Gasteiger charge is 2.13. The largest absolute Gasteiger partial charge is 0.349 e. The highest BCUT2D eigenvalue weighted by molar-refractivity contribution is 5.98. The number of aromatic nitrogens is 2. The molecule has 1 atom stereocenters. The van der Waals surface area contributed by atoms with Gasteiger partial charge in [0.25, 0.3) is 0 Å². The van der Waals surface area contributed by atoms with Crippen LogP contribution in [0.2, 0.25) is 0 Å². The molecule has 116 valence electrons. The average Bonchev–Trinajstić information content (AvgIpc) is 2.86. The molecule has 0 aliphatic carbocycles. The van der Waals surface area contributed by atoms with E-state index in [0.29, 0.717) is 40.7 Å². The topological polar surface area (TPSA) is 74.8 Å².